The van der Waals surface area contributed by atoms with Gasteiger partial charge in [-0.1, -0.05) is 59.6 Å². The van der Waals surface area contributed by atoms with E-state index in [0.29, 0.717) is 16.7 Å². The number of nitrogens with one attached hydrogen (secondary N) is 1. The minimum absolute atomic E-state index is 0.575. The lowest BCUT2D eigenvalue weighted by Crippen LogP contribution is -3.07. The number of hydrogen-bond donors (Lipinski definition) is 1. The summed E-state index contributed by atoms with van der Waals surface area (Å²) in [5, 5.41) is 5.78. The summed E-state index contributed by atoms with van der Waals surface area (Å²) in [6.45, 7) is 4.21. The minimum Gasteiger partial charge on any atom is -0.315 e. The molecule has 1 unspecified atom stereocenters. The number of quaternary nitrogens is 1. The summed E-state index contributed by atoms with van der Waals surface area (Å²) in [6.07, 6.45) is 0. The van der Waals surface area contributed by atoms with Gasteiger partial charge < -0.3 is 4.90 Å². The van der Waals surface area contributed by atoms with E-state index in [1.807, 2.05) is 48.0 Å². The fraction of sp³-hybridized carbons (Fsp3) is 0.263. The van der Waals surface area contributed by atoms with Gasteiger partial charge in [0.1, 0.15) is 12.4 Å². The Labute approximate surface area is 168 Å². The van der Waals surface area contributed by atoms with E-state index in [9.17, 15) is 0 Å². The quantitative estimate of drug-likeness (QED) is 0.629. The number of rotatable bonds is 6. The zero-order valence-corrected chi connectivity index (χ0v) is 17.1. The molecule has 3 rings (SSSR count). The van der Waals surface area contributed by atoms with Crippen LogP contribution in [0.1, 0.15) is 17.0 Å². The van der Waals surface area contributed by atoms with E-state index >= 15 is 0 Å². The molecular formula is C19H21Cl2N4S+. The Morgan fingerprint density at radius 2 is 1.77 bits per heavy atom. The summed E-state index contributed by atoms with van der Waals surface area (Å²) in [4.78, 5) is 1.25. The molecule has 0 aliphatic carbocycles. The maximum atomic E-state index is 6.11. The van der Waals surface area contributed by atoms with Crippen LogP contribution in [-0.4, -0.2) is 21.4 Å². The third-order valence-corrected chi connectivity index (χ3v) is 5.37. The number of aryl methyl sites for hydroxylation is 1. The van der Waals surface area contributed by atoms with Crippen LogP contribution in [0.25, 0.3) is 0 Å². The van der Waals surface area contributed by atoms with Crippen molar-refractivity contribution in [2.45, 2.75) is 26.7 Å². The molecule has 0 fully saturated rings. The molecule has 26 heavy (non-hydrogen) atoms. The lowest BCUT2D eigenvalue weighted by atomic mass is 10.2. The van der Waals surface area contributed by atoms with E-state index in [1.165, 1.54) is 10.5 Å². The van der Waals surface area contributed by atoms with Gasteiger partial charge in [-0.15, -0.1) is 0 Å². The first kappa shape index (κ1) is 19.1. The van der Waals surface area contributed by atoms with Crippen molar-refractivity contribution in [1.29, 1.82) is 0 Å². The molecule has 1 heterocycles. The fourth-order valence-electron chi connectivity index (χ4n) is 2.91. The van der Waals surface area contributed by atoms with Gasteiger partial charge in [0.15, 0.2) is 6.67 Å². The van der Waals surface area contributed by atoms with E-state index in [-0.39, 0.29) is 0 Å². The average molecular weight is 408 g/mol. The fourth-order valence-corrected chi connectivity index (χ4v) is 3.53. The molecule has 0 aliphatic rings. The highest BCUT2D eigenvalue weighted by Crippen LogP contribution is 2.22. The van der Waals surface area contributed by atoms with E-state index in [0.717, 1.165) is 29.2 Å². The first-order chi connectivity index (χ1) is 12.4. The largest absolute Gasteiger partial charge is 0.315 e. The van der Waals surface area contributed by atoms with Crippen molar-refractivity contribution in [3.8, 4) is 0 Å². The SMILES string of the molecule is Cc1nn(C[NH+](C)Cc2ccc(Cl)c(Cl)c2)c(=S)n1Cc1ccccc1. The van der Waals surface area contributed by atoms with Gasteiger partial charge in [0.05, 0.1) is 23.6 Å². The zero-order chi connectivity index (χ0) is 18.7. The highest BCUT2D eigenvalue weighted by atomic mass is 35.5. The molecule has 2 aromatic carbocycles. The number of aromatic nitrogens is 3. The van der Waals surface area contributed by atoms with Crippen molar-refractivity contribution in [1.82, 2.24) is 14.3 Å². The zero-order valence-electron chi connectivity index (χ0n) is 14.7. The highest BCUT2D eigenvalue weighted by molar-refractivity contribution is 7.71. The summed E-state index contributed by atoms with van der Waals surface area (Å²) in [5.74, 6) is 0.918. The van der Waals surface area contributed by atoms with Crippen molar-refractivity contribution in [2.75, 3.05) is 7.05 Å². The number of nitrogens with zero attached hydrogens (tertiary/aromatic N) is 3. The van der Waals surface area contributed by atoms with Gasteiger partial charge in [0.25, 0.3) is 0 Å². The van der Waals surface area contributed by atoms with E-state index in [1.54, 1.807) is 0 Å². The van der Waals surface area contributed by atoms with Crippen LogP contribution in [0.2, 0.25) is 10.0 Å². The van der Waals surface area contributed by atoms with Gasteiger partial charge >= 0.3 is 0 Å². The topological polar surface area (TPSA) is 27.2 Å². The average Bonchev–Trinajstić information content (AvgIpc) is 2.86. The Hall–Kier alpha value is -1.66. The number of hydrogen-bond acceptors (Lipinski definition) is 2. The van der Waals surface area contributed by atoms with Crippen LogP contribution in [-0.2, 0) is 19.8 Å². The second kappa shape index (κ2) is 8.35. The molecule has 7 heteroatoms. The summed E-state index contributed by atoms with van der Waals surface area (Å²) in [5.41, 5.74) is 2.34. The Balaban J connectivity index is 1.72. The third-order valence-electron chi connectivity index (χ3n) is 4.20. The third kappa shape index (κ3) is 4.54. The second-order valence-corrected chi connectivity index (χ2v) is 7.62. The van der Waals surface area contributed by atoms with Gasteiger partial charge in [-0.25, -0.2) is 0 Å². The van der Waals surface area contributed by atoms with Crippen molar-refractivity contribution in [3.05, 3.63) is 80.3 Å². The number of halogens is 2. The van der Waals surface area contributed by atoms with Crippen LogP contribution in [0.4, 0.5) is 0 Å². The lowest BCUT2D eigenvalue weighted by Gasteiger charge is -2.14. The molecule has 0 amide bonds. The van der Waals surface area contributed by atoms with Crippen molar-refractivity contribution < 1.29 is 4.90 Å². The smallest absolute Gasteiger partial charge is 0.203 e. The predicted octanol–water partition coefficient (Wildman–Crippen LogP) is 3.75. The van der Waals surface area contributed by atoms with Gasteiger partial charge in [0, 0.05) is 5.56 Å². The van der Waals surface area contributed by atoms with Crippen molar-refractivity contribution >= 4 is 35.4 Å². The minimum atomic E-state index is 0.575. The van der Waals surface area contributed by atoms with Gasteiger partial charge in [0.2, 0.25) is 4.77 Å². The van der Waals surface area contributed by atoms with Gasteiger partial charge in [-0.3, -0.25) is 4.57 Å². The van der Waals surface area contributed by atoms with Crippen LogP contribution < -0.4 is 4.90 Å². The summed E-state index contributed by atoms with van der Waals surface area (Å²) in [6, 6.07) is 16.0. The maximum Gasteiger partial charge on any atom is 0.203 e. The molecule has 0 saturated carbocycles. The monoisotopic (exact) mass is 407 g/mol. The molecule has 136 valence electrons. The molecule has 0 bridgehead atoms. The van der Waals surface area contributed by atoms with Crippen molar-refractivity contribution in [3.63, 3.8) is 0 Å². The Morgan fingerprint density at radius 3 is 2.46 bits per heavy atom. The van der Waals surface area contributed by atoms with E-state index in [2.05, 4.69) is 28.8 Å². The molecule has 0 spiro atoms. The van der Waals surface area contributed by atoms with Crippen LogP contribution in [0, 0.1) is 11.7 Å². The Kier molecular flexibility index (Phi) is 6.14. The van der Waals surface area contributed by atoms with Crippen LogP contribution in [0.3, 0.4) is 0 Å². The van der Waals surface area contributed by atoms with Crippen molar-refractivity contribution in [2.24, 2.45) is 0 Å². The van der Waals surface area contributed by atoms with Crippen LogP contribution >= 0.6 is 35.4 Å². The molecular weight excluding hydrogens is 387 g/mol. The number of benzene rings is 2. The summed E-state index contributed by atoms with van der Waals surface area (Å²) < 4.78 is 4.69. The lowest BCUT2D eigenvalue weighted by molar-refractivity contribution is -0.917. The summed E-state index contributed by atoms with van der Waals surface area (Å²) >= 11 is 17.7. The molecule has 0 saturated heterocycles. The maximum absolute atomic E-state index is 6.11. The molecule has 1 N–H and O–H groups in total. The normalized spacial score (nSPS) is 12.3. The molecule has 4 nitrogen and oxygen atoms in total. The molecule has 1 atom stereocenters. The molecule has 0 aliphatic heterocycles. The van der Waals surface area contributed by atoms with Gasteiger partial charge in [-0.2, -0.15) is 9.78 Å². The first-order valence-corrected chi connectivity index (χ1v) is 9.54. The summed E-state index contributed by atoms with van der Waals surface area (Å²) in [7, 11) is 2.11. The predicted molar refractivity (Wildman–Crippen MR) is 108 cm³/mol. The van der Waals surface area contributed by atoms with Crippen LogP contribution in [0.15, 0.2) is 48.5 Å². The van der Waals surface area contributed by atoms with Gasteiger partial charge in [-0.05, 0) is 36.8 Å². The molecule has 0 radical (unpaired) electrons. The molecule has 3 aromatic rings. The standard InChI is InChI=1S/C19H20Cl2N4S/c1-14-22-25(19(26)24(14)12-15-6-4-3-5-7-15)13-23(2)11-16-8-9-17(20)18(21)10-16/h3-10H,11-13H2,1-2H3/p+1. The Bertz CT molecular complexity index is 950. The second-order valence-electron chi connectivity index (χ2n) is 6.44. The Morgan fingerprint density at radius 1 is 1.04 bits per heavy atom. The first-order valence-electron chi connectivity index (χ1n) is 8.37. The molecule has 1 aromatic heterocycles. The highest BCUT2D eigenvalue weighted by Gasteiger charge is 2.12. The van der Waals surface area contributed by atoms with E-state index < -0.39 is 0 Å². The van der Waals surface area contributed by atoms with Crippen LogP contribution in [0.5, 0.6) is 0 Å². The van der Waals surface area contributed by atoms with E-state index in [4.69, 9.17) is 35.4 Å².